The summed E-state index contributed by atoms with van der Waals surface area (Å²) in [6, 6.07) is 0. The summed E-state index contributed by atoms with van der Waals surface area (Å²) in [5.41, 5.74) is 3.04. The maximum atomic E-state index is 9.61. The Kier molecular flexibility index (Phi) is 2.88. The van der Waals surface area contributed by atoms with E-state index in [1.165, 1.54) is 0 Å². The summed E-state index contributed by atoms with van der Waals surface area (Å²) in [6.45, 7) is 5.49. The van der Waals surface area contributed by atoms with Crippen LogP contribution in [-0.2, 0) is 13.0 Å². The van der Waals surface area contributed by atoms with Crippen molar-refractivity contribution in [3.8, 4) is 5.75 Å². The van der Waals surface area contributed by atoms with Gasteiger partial charge < -0.3 is 10.2 Å². The Bertz CT molecular complexity index is 321. The van der Waals surface area contributed by atoms with Crippen molar-refractivity contribution in [3.05, 3.63) is 22.5 Å². The Morgan fingerprint density at radius 2 is 1.77 bits per heavy atom. The molecular formula is C10H15NO2. The number of hydrogen-bond acceptors (Lipinski definition) is 3. The largest absolute Gasteiger partial charge is 0.506 e. The number of aliphatic hydroxyl groups excluding tert-OH is 1. The highest BCUT2D eigenvalue weighted by Gasteiger charge is 2.12. The second-order valence-corrected chi connectivity index (χ2v) is 3.10. The number of aryl methyl sites for hydroxylation is 2. The Morgan fingerprint density at radius 1 is 1.15 bits per heavy atom. The molecule has 0 radical (unpaired) electrons. The van der Waals surface area contributed by atoms with Crippen LogP contribution in [-0.4, -0.2) is 15.2 Å². The molecule has 0 unspecified atom stereocenters. The van der Waals surface area contributed by atoms with Crippen LogP contribution in [0.25, 0.3) is 0 Å². The van der Waals surface area contributed by atoms with Gasteiger partial charge in [-0.05, 0) is 25.8 Å². The molecule has 0 aliphatic carbocycles. The molecule has 0 saturated heterocycles. The summed E-state index contributed by atoms with van der Waals surface area (Å²) >= 11 is 0. The number of aliphatic hydroxyl groups is 1. The van der Waals surface area contributed by atoms with Crippen molar-refractivity contribution in [2.24, 2.45) is 0 Å². The fraction of sp³-hybridized carbons (Fsp3) is 0.500. The summed E-state index contributed by atoms with van der Waals surface area (Å²) in [5, 5.41) is 18.7. The molecule has 0 bridgehead atoms. The van der Waals surface area contributed by atoms with Gasteiger partial charge in [0.15, 0.2) is 0 Å². The first-order valence-corrected chi connectivity index (χ1v) is 4.40. The van der Waals surface area contributed by atoms with Crippen molar-refractivity contribution in [2.75, 3.05) is 0 Å². The number of pyridine rings is 1. The highest BCUT2D eigenvalue weighted by Crippen LogP contribution is 2.26. The predicted molar refractivity (Wildman–Crippen MR) is 50.7 cm³/mol. The Labute approximate surface area is 78.1 Å². The van der Waals surface area contributed by atoms with Crippen molar-refractivity contribution in [2.45, 2.75) is 33.8 Å². The Hall–Kier alpha value is -1.09. The molecule has 0 aliphatic heterocycles. The van der Waals surface area contributed by atoms with E-state index in [-0.39, 0.29) is 12.4 Å². The van der Waals surface area contributed by atoms with Gasteiger partial charge in [-0.1, -0.05) is 6.92 Å². The third kappa shape index (κ3) is 1.65. The molecule has 0 aliphatic rings. The van der Waals surface area contributed by atoms with Crippen molar-refractivity contribution in [1.82, 2.24) is 4.98 Å². The lowest BCUT2D eigenvalue weighted by atomic mass is 10.0. The molecule has 3 heteroatoms. The van der Waals surface area contributed by atoms with Crippen LogP contribution < -0.4 is 0 Å². The number of aromatic hydroxyl groups is 1. The summed E-state index contributed by atoms with van der Waals surface area (Å²) < 4.78 is 0. The lowest BCUT2D eigenvalue weighted by Gasteiger charge is -2.12. The van der Waals surface area contributed by atoms with Crippen LogP contribution in [0.3, 0.4) is 0 Å². The van der Waals surface area contributed by atoms with Crippen LogP contribution >= 0.6 is 0 Å². The number of nitrogens with zero attached hydrogens (tertiary/aromatic N) is 1. The fourth-order valence-corrected chi connectivity index (χ4v) is 1.59. The molecule has 0 saturated carbocycles. The summed E-state index contributed by atoms with van der Waals surface area (Å²) in [6.07, 6.45) is 0.780. The van der Waals surface area contributed by atoms with E-state index in [1.807, 2.05) is 13.8 Å². The van der Waals surface area contributed by atoms with Crippen molar-refractivity contribution < 1.29 is 10.2 Å². The smallest absolute Gasteiger partial charge is 0.142 e. The maximum absolute atomic E-state index is 9.61. The molecule has 0 spiro atoms. The minimum Gasteiger partial charge on any atom is -0.506 e. The first-order chi connectivity index (χ1) is 6.11. The lowest BCUT2D eigenvalue weighted by molar-refractivity contribution is 0.273. The molecular weight excluding hydrogens is 166 g/mol. The van der Waals surface area contributed by atoms with E-state index < -0.39 is 0 Å². The normalized spacial score (nSPS) is 10.5. The Balaban J connectivity index is 3.41. The molecule has 0 aromatic carbocycles. The number of hydrogen-bond donors (Lipinski definition) is 2. The van der Waals surface area contributed by atoms with Gasteiger partial charge in [0.2, 0.25) is 0 Å². The van der Waals surface area contributed by atoms with Gasteiger partial charge in [-0.25, -0.2) is 0 Å². The van der Waals surface area contributed by atoms with Gasteiger partial charge in [-0.15, -0.1) is 0 Å². The number of aromatic nitrogens is 1. The van der Waals surface area contributed by atoms with E-state index in [2.05, 4.69) is 4.98 Å². The van der Waals surface area contributed by atoms with Crippen LogP contribution in [0, 0.1) is 13.8 Å². The first kappa shape index (κ1) is 9.99. The molecule has 1 aromatic heterocycles. The maximum Gasteiger partial charge on any atom is 0.142 e. The summed E-state index contributed by atoms with van der Waals surface area (Å²) in [5.74, 6) is 0.130. The van der Waals surface area contributed by atoms with Gasteiger partial charge in [0.1, 0.15) is 5.75 Å². The third-order valence-corrected chi connectivity index (χ3v) is 2.28. The van der Waals surface area contributed by atoms with E-state index >= 15 is 0 Å². The molecule has 0 amide bonds. The van der Waals surface area contributed by atoms with Gasteiger partial charge in [-0.3, -0.25) is 4.98 Å². The molecule has 2 N–H and O–H groups in total. The minimum atomic E-state index is -0.126. The van der Waals surface area contributed by atoms with Crippen molar-refractivity contribution in [1.29, 1.82) is 0 Å². The molecule has 1 heterocycles. The van der Waals surface area contributed by atoms with Gasteiger partial charge in [-0.2, -0.15) is 0 Å². The van der Waals surface area contributed by atoms with Gasteiger partial charge >= 0.3 is 0 Å². The minimum absolute atomic E-state index is 0.126. The monoisotopic (exact) mass is 181 g/mol. The van der Waals surface area contributed by atoms with Crippen LogP contribution in [0.4, 0.5) is 0 Å². The van der Waals surface area contributed by atoms with Gasteiger partial charge in [0, 0.05) is 11.3 Å². The fourth-order valence-electron chi connectivity index (χ4n) is 1.59. The second kappa shape index (κ2) is 3.75. The van der Waals surface area contributed by atoms with E-state index in [4.69, 9.17) is 5.11 Å². The molecule has 3 nitrogen and oxygen atoms in total. The second-order valence-electron chi connectivity index (χ2n) is 3.10. The zero-order valence-electron chi connectivity index (χ0n) is 8.26. The average Bonchev–Trinajstić information content (AvgIpc) is 2.10. The van der Waals surface area contributed by atoms with E-state index in [9.17, 15) is 5.11 Å². The molecule has 13 heavy (non-hydrogen) atoms. The number of rotatable bonds is 2. The SMILES string of the molecule is CCc1c(C)nc(C)c(O)c1CO. The predicted octanol–water partition coefficient (Wildman–Crippen LogP) is 1.46. The quantitative estimate of drug-likeness (QED) is 0.726. The van der Waals surface area contributed by atoms with Crippen LogP contribution in [0.1, 0.15) is 29.4 Å². The standard InChI is InChI=1S/C10H15NO2/c1-4-8-6(2)11-7(3)10(13)9(8)5-12/h12-13H,4-5H2,1-3H3. The highest BCUT2D eigenvalue weighted by atomic mass is 16.3. The molecule has 0 fully saturated rings. The summed E-state index contributed by atoms with van der Waals surface area (Å²) in [7, 11) is 0. The van der Waals surface area contributed by atoms with Crippen LogP contribution in [0.2, 0.25) is 0 Å². The average molecular weight is 181 g/mol. The van der Waals surface area contributed by atoms with E-state index in [1.54, 1.807) is 6.92 Å². The summed E-state index contributed by atoms with van der Waals surface area (Å²) in [4.78, 5) is 4.19. The Morgan fingerprint density at radius 3 is 2.23 bits per heavy atom. The van der Waals surface area contributed by atoms with Gasteiger partial charge in [0.25, 0.3) is 0 Å². The van der Waals surface area contributed by atoms with Crippen LogP contribution in [0.5, 0.6) is 5.75 Å². The van der Waals surface area contributed by atoms with E-state index in [0.717, 1.165) is 17.7 Å². The van der Waals surface area contributed by atoms with Crippen LogP contribution in [0.15, 0.2) is 0 Å². The zero-order chi connectivity index (χ0) is 10.0. The zero-order valence-corrected chi connectivity index (χ0v) is 8.26. The molecule has 1 aromatic rings. The first-order valence-electron chi connectivity index (χ1n) is 4.40. The molecule has 72 valence electrons. The topological polar surface area (TPSA) is 53.4 Å². The van der Waals surface area contributed by atoms with Crippen molar-refractivity contribution >= 4 is 0 Å². The molecule has 0 atom stereocenters. The van der Waals surface area contributed by atoms with E-state index in [0.29, 0.717) is 11.3 Å². The van der Waals surface area contributed by atoms with Crippen molar-refractivity contribution in [3.63, 3.8) is 0 Å². The molecule has 1 rings (SSSR count). The van der Waals surface area contributed by atoms with Gasteiger partial charge in [0.05, 0.1) is 12.3 Å². The third-order valence-electron chi connectivity index (χ3n) is 2.28. The highest BCUT2D eigenvalue weighted by molar-refractivity contribution is 5.43. The lowest BCUT2D eigenvalue weighted by Crippen LogP contribution is -2.01.